The lowest BCUT2D eigenvalue weighted by Gasteiger charge is -1.96. The van der Waals surface area contributed by atoms with Gasteiger partial charge in [0.15, 0.2) is 5.78 Å². The van der Waals surface area contributed by atoms with Gasteiger partial charge in [-0.1, -0.05) is 0 Å². The summed E-state index contributed by atoms with van der Waals surface area (Å²) in [6.45, 7) is 7.93. The number of carbonyl (C=O) groups excluding carboxylic acids is 1. The highest BCUT2D eigenvalue weighted by atomic mass is 32.1. The van der Waals surface area contributed by atoms with Gasteiger partial charge in [0.25, 0.3) is 0 Å². The third kappa shape index (κ3) is 2.68. The molecule has 2 heterocycles. The highest BCUT2D eigenvalue weighted by molar-refractivity contribution is 7.12. The minimum absolute atomic E-state index is 0.0198. The van der Waals surface area contributed by atoms with Gasteiger partial charge in [-0.2, -0.15) is 5.10 Å². The van der Waals surface area contributed by atoms with Crippen molar-refractivity contribution in [2.45, 2.75) is 27.7 Å². The number of allylic oxidation sites excluding steroid dienone is 1. The number of hydrogen-bond acceptors (Lipinski definition) is 3. The Balaban J connectivity index is 2.29. The highest BCUT2D eigenvalue weighted by Crippen LogP contribution is 2.22. The predicted molar refractivity (Wildman–Crippen MR) is 79.8 cm³/mol. The zero-order chi connectivity index (χ0) is 14.2. The lowest BCUT2D eigenvalue weighted by molar-refractivity contribution is 0.104. The average Bonchev–Trinajstić information content (AvgIpc) is 2.76. The van der Waals surface area contributed by atoms with Crippen LogP contribution in [0.1, 0.15) is 37.1 Å². The second-order valence-corrected chi connectivity index (χ2v) is 6.20. The van der Waals surface area contributed by atoms with Gasteiger partial charge >= 0.3 is 0 Å². The van der Waals surface area contributed by atoms with Crippen LogP contribution in [0.15, 0.2) is 12.1 Å². The third-order valence-corrected chi connectivity index (χ3v) is 4.23. The Morgan fingerprint density at radius 2 is 2.00 bits per heavy atom. The van der Waals surface area contributed by atoms with Crippen LogP contribution in [0, 0.1) is 27.7 Å². The Labute approximate surface area is 117 Å². The van der Waals surface area contributed by atoms with E-state index >= 15 is 0 Å². The van der Waals surface area contributed by atoms with Crippen LogP contribution in [-0.2, 0) is 7.05 Å². The number of thiophene rings is 1. The Morgan fingerprint density at radius 1 is 1.32 bits per heavy atom. The predicted octanol–water partition coefficient (Wildman–Crippen LogP) is 3.61. The largest absolute Gasteiger partial charge is 0.289 e. The molecule has 0 aliphatic carbocycles. The molecule has 0 fully saturated rings. The molecule has 0 unspecified atom stereocenters. The van der Waals surface area contributed by atoms with Gasteiger partial charge in [0.05, 0.1) is 11.3 Å². The van der Waals surface area contributed by atoms with Crippen molar-refractivity contribution in [2.75, 3.05) is 0 Å². The number of ketones is 1. The molecular formula is C15H18N2OS. The van der Waals surface area contributed by atoms with Crippen LogP contribution in [0.4, 0.5) is 0 Å². The number of carbonyl (C=O) groups is 1. The van der Waals surface area contributed by atoms with E-state index in [2.05, 4.69) is 25.0 Å². The molecule has 0 radical (unpaired) electrons. The fourth-order valence-electron chi connectivity index (χ4n) is 2.19. The van der Waals surface area contributed by atoms with Crippen molar-refractivity contribution < 1.29 is 4.79 Å². The molecule has 19 heavy (non-hydrogen) atoms. The van der Waals surface area contributed by atoms with Gasteiger partial charge in [0.1, 0.15) is 0 Å². The Kier molecular flexibility index (Phi) is 3.71. The first kappa shape index (κ1) is 13.7. The molecule has 4 heteroatoms. The summed E-state index contributed by atoms with van der Waals surface area (Å²) in [7, 11) is 1.86. The molecule has 0 aromatic carbocycles. The van der Waals surface area contributed by atoms with Crippen LogP contribution in [-0.4, -0.2) is 15.6 Å². The summed E-state index contributed by atoms with van der Waals surface area (Å²) in [6, 6.07) is 2.10. The second kappa shape index (κ2) is 5.13. The number of aryl methyl sites for hydroxylation is 4. The van der Waals surface area contributed by atoms with Crippen LogP contribution in [0.5, 0.6) is 0 Å². The number of hydrogen-bond donors (Lipinski definition) is 0. The average molecular weight is 274 g/mol. The van der Waals surface area contributed by atoms with E-state index in [1.807, 2.05) is 27.0 Å². The van der Waals surface area contributed by atoms with E-state index in [0.717, 1.165) is 17.0 Å². The van der Waals surface area contributed by atoms with E-state index < -0.39 is 0 Å². The third-order valence-electron chi connectivity index (χ3n) is 3.25. The Hall–Kier alpha value is -1.68. The molecule has 0 N–H and O–H groups in total. The molecule has 2 rings (SSSR count). The van der Waals surface area contributed by atoms with Crippen LogP contribution < -0.4 is 0 Å². The fourth-order valence-corrected chi connectivity index (χ4v) is 3.11. The molecule has 100 valence electrons. The lowest BCUT2D eigenvalue weighted by Crippen LogP contribution is -1.99. The summed E-state index contributed by atoms with van der Waals surface area (Å²) < 4.78 is 1.75. The molecular weight excluding hydrogens is 256 g/mol. The van der Waals surface area contributed by atoms with Crippen molar-refractivity contribution in [3.8, 4) is 0 Å². The molecule has 2 aromatic rings. The standard InChI is InChI=1S/C15H18N2OS/c1-9-8-13(12(4)19-9)6-7-14(18)15-10(2)16-17(5)11(15)3/h6-8H,1-5H3/b7-6+. The fraction of sp³-hybridized carbons (Fsp3) is 0.333. The van der Waals surface area contributed by atoms with Crippen molar-refractivity contribution in [3.63, 3.8) is 0 Å². The van der Waals surface area contributed by atoms with Crippen molar-refractivity contribution in [1.29, 1.82) is 0 Å². The zero-order valence-electron chi connectivity index (χ0n) is 11.9. The van der Waals surface area contributed by atoms with Gasteiger partial charge in [-0.25, -0.2) is 0 Å². The summed E-state index contributed by atoms with van der Waals surface area (Å²) in [5, 5.41) is 4.27. The maximum absolute atomic E-state index is 12.3. The van der Waals surface area contributed by atoms with E-state index in [9.17, 15) is 4.79 Å². The maximum Gasteiger partial charge on any atom is 0.189 e. The summed E-state index contributed by atoms with van der Waals surface area (Å²) >= 11 is 1.75. The van der Waals surface area contributed by atoms with Gasteiger partial charge in [0.2, 0.25) is 0 Å². The number of aromatic nitrogens is 2. The van der Waals surface area contributed by atoms with Gasteiger partial charge < -0.3 is 0 Å². The summed E-state index contributed by atoms with van der Waals surface area (Å²) in [5.41, 5.74) is 3.52. The van der Waals surface area contributed by atoms with Gasteiger partial charge in [-0.15, -0.1) is 11.3 Å². The monoisotopic (exact) mass is 274 g/mol. The SMILES string of the molecule is Cc1cc(/C=C/C(=O)c2c(C)nn(C)c2C)c(C)s1. The van der Waals surface area contributed by atoms with Crippen LogP contribution in [0.3, 0.4) is 0 Å². The quantitative estimate of drug-likeness (QED) is 0.633. The van der Waals surface area contributed by atoms with Gasteiger partial charge in [-0.05, 0) is 51.5 Å². The van der Waals surface area contributed by atoms with E-state index in [1.165, 1.54) is 9.75 Å². The Morgan fingerprint density at radius 3 is 2.47 bits per heavy atom. The normalized spacial score (nSPS) is 11.4. The molecule has 0 atom stereocenters. The maximum atomic E-state index is 12.3. The first-order chi connectivity index (χ1) is 8.90. The topological polar surface area (TPSA) is 34.9 Å². The zero-order valence-corrected chi connectivity index (χ0v) is 12.8. The van der Waals surface area contributed by atoms with Crippen molar-refractivity contribution in [1.82, 2.24) is 9.78 Å². The molecule has 0 bridgehead atoms. The van der Waals surface area contributed by atoms with Crippen LogP contribution >= 0.6 is 11.3 Å². The molecule has 0 saturated heterocycles. The second-order valence-electron chi connectivity index (χ2n) is 4.74. The van der Waals surface area contributed by atoms with Crippen LogP contribution in [0.25, 0.3) is 6.08 Å². The first-order valence-electron chi connectivity index (χ1n) is 6.19. The smallest absolute Gasteiger partial charge is 0.189 e. The lowest BCUT2D eigenvalue weighted by atomic mass is 10.1. The molecule has 0 saturated carbocycles. The summed E-state index contributed by atoms with van der Waals surface area (Å²) in [5.74, 6) is 0.0198. The summed E-state index contributed by atoms with van der Waals surface area (Å²) in [6.07, 6.45) is 3.54. The molecule has 2 aromatic heterocycles. The van der Waals surface area contributed by atoms with Crippen molar-refractivity contribution in [2.24, 2.45) is 7.05 Å². The molecule has 0 aliphatic heterocycles. The van der Waals surface area contributed by atoms with Crippen molar-refractivity contribution in [3.05, 3.63) is 44.4 Å². The molecule has 0 aliphatic rings. The minimum Gasteiger partial charge on any atom is -0.289 e. The van der Waals surface area contributed by atoms with Crippen LogP contribution in [0.2, 0.25) is 0 Å². The molecule has 3 nitrogen and oxygen atoms in total. The molecule has 0 spiro atoms. The number of rotatable bonds is 3. The molecule has 0 amide bonds. The van der Waals surface area contributed by atoms with E-state index in [4.69, 9.17) is 0 Å². The summed E-state index contributed by atoms with van der Waals surface area (Å²) in [4.78, 5) is 14.8. The van der Waals surface area contributed by atoms with Crippen molar-refractivity contribution >= 4 is 23.2 Å². The number of nitrogens with zero attached hydrogens (tertiary/aromatic N) is 2. The Bertz CT molecular complexity index is 662. The first-order valence-corrected chi connectivity index (χ1v) is 7.01. The van der Waals surface area contributed by atoms with Gasteiger partial charge in [-0.3, -0.25) is 9.48 Å². The minimum atomic E-state index is 0.0198. The van der Waals surface area contributed by atoms with E-state index in [0.29, 0.717) is 5.56 Å². The van der Waals surface area contributed by atoms with Gasteiger partial charge in [0, 0.05) is 22.5 Å². The van der Waals surface area contributed by atoms with E-state index in [-0.39, 0.29) is 5.78 Å². The highest BCUT2D eigenvalue weighted by Gasteiger charge is 2.14. The van der Waals surface area contributed by atoms with E-state index in [1.54, 1.807) is 22.1 Å².